The average Bonchev–Trinajstić information content (AvgIpc) is 3.07. The quantitative estimate of drug-likeness (QED) is 0.205. The van der Waals surface area contributed by atoms with Gasteiger partial charge in [0.25, 0.3) is 5.56 Å². The zero-order valence-corrected chi connectivity index (χ0v) is 25.2. The number of ether oxygens (including phenoxy) is 2. The maximum Gasteiger partial charge on any atom is 0.258 e. The van der Waals surface area contributed by atoms with Crippen molar-refractivity contribution in [1.29, 1.82) is 0 Å². The molecule has 228 valence electrons. The van der Waals surface area contributed by atoms with Crippen molar-refractivity contribution in [2.45, 2.75) is 32.5 Å². The van der Waals surface area contributed by atoms with E-state index in [0.717, 1.165) is 64.7 Å². The monoisotopic (exact) mass is 594 g/mol. The third-order valence-corrected chi connectivity index (χ3v) is 8.55. The molecule has 3 aromatic carbocycles. The molecule has 2 aromatic heterocycles. The predicted molar refractivity (Wildman–Crippen MR) is 174 cm³/mol. The third-order valence-electron chi connectivity index (χ3n) is 8.55. The largest absolute Gasteiger partial charge is 0.493 e. The topological polar surface area (TPSA) is 109 Å². The number of hydrogen-bond acceptors (Lipinski definition) is 8. The fourth-order valence-electron chi connectivity index (χ4n) is 6.37. The molecule has 9 nitrogen and oxygen atoms in total. The molecule has 0 saturated carbocycles. The highest BCUT2D eigenvalue weighted by Gasteiger charge is 2.19. The molecule has 9 heteroatoms. The van der Waals surface area contributed by atoms with Crippen molar-refractivity contribution >= 4 is 27.4 Å². The van der Waals surface area contributed by atoms with Crippen LogP contribution in [0.1, 0.15) is 30.4 Å². The Hall–Kier alpha value is -4.44. The number of anilines is 1. The zero-order valence-electron chi connectivity index (χ0n) is 25.2. The van der Waals surface area contributed by atoms with Crippen LogP contribution in [-0.4, -0.2) is 65.1 Å². The molecule has 0 aliphatic carbocycles. The first kappa shape index (κ1) is 29.6. The Morgan fingerprint density at radius 2 is 1.66 bits per heavy atom. The van der Waals surface area contributed by atoms with E-state index in [4.69, 9.17) is 9.47 Å². The number of piperidine rings is 1. The molecule has 1 aliphatic rings. The summed E-state index contributed by atoms with van der Waals surface area (Å²) in [5.41, 5.74) is 4.01. The number of fused-ring (bicyclic) bond motifs is 2. The summed E-state index contributed by atoms with van der Waals surface area (Å²) < 4.78 is 12.7. The van der Waals surface area contributed by atoms with Gasteiger partial charge in [-0.25, -0.2) is 4.98 Å². The van der Waals surface area contributed by atoms with E-state index in [1.807, 2.05) is 54.6 Å². The van der Waals surface area contributed by atoms with Gasteiger partial charge in [0.1, 0.15) is 5.82 Å². The first-order valence-electron chi connectivity index (χ1n) is 15.1. The Bertz CT molecular complexity index is 1860. The van der Waals surface area contributed by atoms with Gasteiger partial charge in [-0.05, 0) is 95.4 Å². The Morgan fingerprint density at radius 1 is 0.886 bits per heavy atom. The number of likely N-dealkylation sites (tertiary alicyclic amines) is 1. The van der Waals surface area contributed by atoms with E-state index in [2.05, 4.69) is 15.2 Å². The summed E-state index contributed by atoms with van der Waals surface area (Å²) in [6.45, 7) is 3.41. The lowest BCUT2D eigenvalue weighted by Crippen LogP contribution is -2.33. The molecule has 6 rings (SSSR count). The minimum absolute atomic E-state index is 0.198. The number of para-hydroxylation sites is 1. The van der Waals surface area contributed by atoms with Gasteiger partial charge in [0.2, 0.25) is 0 Å². The highest BCUT2D eigenvalue weighted by atomic mass is 16.5. The maximum absolute atomic E-state index is 13.7. The standard InChI is InChI=1S/C35H38N4O5/c1-43-31-17-24-16-25(21-40)28(22-41)35(27(24)19-32(31)44-2)23-10-11-37-33(18-23)39-30-9-5-4-8-26(30)29(20-34(39)42)36-12-15-38-13-6-3-7-14-38/h4-5,8-11,16-20,36,40-41H,3,6-7,12-15,21-22H2,1-2H3. The fraction of sp³-hybridized carbons (Fsp3) is 0.314. The Balaban J connectivity index is 1.46. The van der Waals surface area contributed by atoms with Crippen molar-refractivity contribution in [3.63, 3.8) is 0 Å². The van der Waals surface area contributed by atoms with Crippen LogP contribution >= 0.6 is 0 Å². The number of benzene rings is 3. The molecule has 0 unspecified atom stereocenters. The van der Waals surface area contributed by atoms with Crippen LogP contribution in [0.25, 0.3) is 38.6 Å². The van der Waals surface area contributed by atoms with Crippen molar-refractivity contribution in [1.82, 2.24) is 14.5 Å². The minimum Gasteiger partial charge on any atom is -0.493 e. The lowest BCUT2D eigenvalue weighted by atomic mass is 9.90. The molecule has 5 aromatic rings. The second-order valence-corrected chi connectivity index (χ2v) is 11.1. The number of pyridine rings is 2. The molecule has 3 heterocycles. The number of nitrogens with zero attached hydrogens (tertiary/aromatic N) is 3. The SMILES string of the molecule is COc1cc2cc(CO)c(CO)c(-c3ccnc(-n4c(=O)cc(NCCN5CCCCC5)c5ccccc54)c3)c2cc1OC. The van der Waals surface area contributed by atoms with Crippen LogP contribution in [0, 0.1) is 0 Å². The Kier molecular flexibility index (Phi) is 8.79. The zero-order chi connectivity index (χ0) is 30.6. The van der Waals surface area contributed by atoms with Gasteiger partial charge in [0, 0.05) is 36.4 Å². The summed E-state index contributed by atoms with van der Waals surface area (Å²) in [6, 6.07) is 18.8. The van der Waals surface area contributed by atoms with E-state index in [9.17, 15) is 15.0 Å². The van der Waals surface area contributed by atoms with E-state index in [1.165, 1.54) is 19.3 Å². The number of aromatic nitrogens is 2. The van der Waals surface area contributed by atoms with Gasteiger partial charge in [0.15, 0.2) is 11.5 Å². The van der Waals surface area contributed by atoms with Crippen molar-refractivity contribution in [2.75, 3.05) is 45.7 Å². The minimum atomic E-state index is -0.284. The Morgan fingerprint density at radius 3 is 2.41 bits per heavy atom. The number of aliphatic hydroxyl groups is 2. The fourth-order valence-corrected chi connectivity index (χ4v) is 6.37. The molecule has 1 fully saturated rings. The smallest absolute Gasteiger partial charge is 0.258 e. The van der Waals surface area contributed by atoms with Gasteiger partial charge < -0.3 is 29.9 Å². The molecule has 44 heavy (non-hydrogen) atoms. The molecule has 1 saturated heterocycles. The molecule has 0 bridgehead atoms. The van der Waals surface area contributed by atoms with Gasteiger partial charge in [-0.3, -0.25) is 9.36 Å². The van der Waals surface area contributed by atoms with Gasteiger partial charge >= 0.3 is 0 Å². The van der Waals surface area contributed by atoms with Crippen molar-refractivity contribution in [3.05, 3.63) is 88.3 Å². The lowest BCUT2D eigenvalue weighted by Gasteiger charge is -2.26. The molecular formula is C35H38N4O5. The van der Waals surface area contributed by atoms with Gasteiger partial charge in [-0.15, -0.1) is 0 Å². The van der Waals surface area contributed by atoms with Crippen LogP contribution in [0.2, 0.25) is 0 Å². The molecule has 0 atom stereocenters. The third kappa shape index (κ3) is 5.61. The van der Waals surface area contributed by atoms with E-state index in [1.54, 1.807) is 31.0 Å². The summed E-state index contributed by atoms with van der Waals surface area (Å²) in [5, 5.41) is 26.8. The molecule has 0 spiro atoms. The van der Waals surface area contributed by atoms with Crippen molar-refractivity contribution < 1.29 is 19.7 Å². The Labute approximate surface area is 256 Å². The first-order valence-corrected chi connectivity index (χ1v) is 15.1. The van der Waals surface area contributed by atoms with E-state index in [0.29, 0.717) is 28.4 Å². The van der Waals surface area contributed by atoms with Crippen molar-refractivity contribution in [2.24, 2.45) is 0 Å². The normalized spacial score (nSPS) is 13.8. The van der Waals surface area contributed by atoms with Crippen LogP contribution in [0.4, 0.5) is 5.69 Å². The average molecular weight is 595 g/mol. The molecule has 0 amide bonds. The number of hydrogen-bond donors (Lipinski definition) is 3. The second-order valence-electron chi connectivity index (χ2n) is 11.1. The number of methoxy groups -OCH3 is 2. The summed E-state index contributed by atoms with van der Waals surface area (Å²) >= 11 is 0. The van der Waals surface area contributed by atoms with Crippen LogP contribution in [0.3, 0.4) is 0 Å². The van der Waals surface area contributed by atoms with Gasteiger partial charge in [0.05, 0.1) is 33.0 Å². The van der Waals surface area contributed by atoms with Crippen molar-refractivity contribution in [3.8, 4) is 28.4 Å². The van der Waals surface area contributed by atoms with E-state index >= 15 is 0 Å². The summed E-state index contributed by atoms with van der Waals surface area (Å²) in [5.74, 6) is 1.56. The van der Waals surface area contributed by atoms with Crippen LogP contribution in [0.15, 0.2) is 71.7 Å². The van der Waals surface area contributed by atoms with Gasteiger partial charge in [-0.2, -0.15) is 0 Å². The summed E-state index contributed by atoms with van der Waals surface area (Å²) in [4.78, 5) is 20.8. The van der Waals surface area contributed by atoms with Crippen LogP contribution in [0.5, 0.6) is 11.5 Å². The predicted octanol–water partition coefficient (Wildman–Crippen LogP) is 5.11. The van der Waals surface area contributed by atoms with E-state index in [-0.39, 0.29) is 18.8 Å². The molecular weight excluding hydrogens is 556 g/mol. The van der Waals surface area contributed by atoms with Crippen LogP contribution < -0.4 is 20.3 Å². The lowest BCUT2D eigenvalue weighted by molar-refractivity contribution is 0.237. The highest BCUT2D eigenvalue weighted by Crippen LogP contribution is 2.41. The molecule has 3 N–H and O–H groups in total. The summed E-state index contributed by atoms with van der Waals surface area (Å²) in [6.07, 6.45) is 5.45. The number of rotatable bonds is 10. The highest BCUT2D eigenvalue weighted by molar-refractivity contribution is 6.01. The van der Waals surface area contributed by atoms with Gasteiger partial charge in [-0.1, -0.05) is 24.6 Å². The van der Waals surface area contributed by atoms with Crippen LogP contribution in [-0.2, 0) is 13.2 Å². The molecule has 1 aliphatic heterocycles. The maximum atomic E-state index is 13.7. The summed E-state index contributed by atoms with van der Waals surface area (Å²) in [7, 11) is 3.15. The number of nitrogens with one attached hydrogen (secondary N) is 1. The number of aliphatic hydroxyl groups excluding tert-OH is 2. The molecule has 0 radical (unpaired) electrons. The van der Waals surface area contributed by atoms with E-state index < -0.39 is 0 Å². The second kappa shape index (κ2) is 13.1. The first-order chi connectivity index (χ1) is 21.6.